The van der Waals surface area contributed by atoms with Gasteiger partial charge in [-0.25, -0.2) is 0 Å². The fourth-order valence-electron chi connectivity index (χ4n) is 3.87. The topological polar surface area (TPSA) is 41.1 Å². The lowest BCUT2D eigenvalue weighted by Gasteiger charge is -2.23. The summed E-state index contributed by atoms with van der Waals surface area (Å²) in [6.45, 7) is 2.90. The fourth-order valence-corrected chi connectivity index (χ4v) is 4.86. The van der Waals surface area contributed by atoms with E-state index < -0.39 is 0 Å². The predicted molar refractivity (Wildman–Crippen MR) is 91.2 cm³/mol. The van der Waals surface area contributed by atoms with Crippen LogP contribution in [0.3, 0.4) is 0 Å². The van der Waals surface area contributed by atoms with Crippen LogP contribution in [0, 0.1) is 11.3 Å². The molecule has 1 saturated heterocycles. The Bertz CT molecular complexity index is 687. The van der Waals surface area contributed by atoms with Crippen LogP contribution >= 0.6 is 11.3 Å². The van der Waals surface area contributed by atoms with Crippen LogP contribution in [0.4, 0.5) is 0 Å². The second-order valence-corrected chi connectivity index (χ2v) is 7.58. The number of carbonyl (C=O) groups excluding carboxylic acids is 1. The summed E-state index contributed by atoms with van der Waals surface area (Å²) in [4.78, 5) is 12.3. The molecule has 2 fully saturated rings. The molecule has 1 spiro atoms. The highest BCUT2D eigenvalue weighted by atomic mass is 32.1. The first-order valence-electron chi connectivity index (χ1n) is 8.22. The average Bonchev–Trinajstić information content (AvgIpc) is 3.08. The molecule has 2 N–H and O–H groups in total. The Labute approximate surface area is 135 Å². The van der Waals surface area contributed by atoms with Gasteiger partial charge >= 0.3 is 0 Å². The first-order chi connectivity index (χ1) is 10.8. The van der Waals surface area contributed by atoms with E-state index in [2.05, 4.69) is 40.3 Å². The lowest BCUT2D eigenvalue weighted by molar-refractivity contribution is -0.123. The number of carbonyl (C=O) groups is 1. The van der Waals surface area contributed by atoms with Crippen LogP contribution in [0.15, 0.2) is 29.6 Å². The lowest BCUT2D eigenvalue weighted by atomic mass is 9.92. The van der Waals surface area contributed by atoms with E-state index in [1.165, 1.54) is 28.5 Å². The SMILES string of the molecule is O=C(NCCc1csc2ccccc12)C1CC12CCNCC2. The summed E-state index contributed by atoms with van der Waals surface area (Å²) in [6.07, 6.45) is 4.36. The van der Waals surface area contributed by atoms with E-state index in [9.17, 15) is 4.79 Å². The summed E-state index contributed by atoms with van der Waals surface area (Å²) in [5.41, 5.74) is 1.69. The summed E-state index contributed by atoms with van der Waals surface area (Å²) in [5, 5.41) is 10.1. The van der Waals surface area contributed by atoms with Crippen molar-refractivity contribution in [3.63, 3.8) is 0 Å². The molecule has 4 rings (SSSR count). The molecule has 3 nitrogen and oxygen atoms in total. The number of benzene rings is 1. The molecule has 1 unspecified atom stereocenters. The maximum Gasteiger partial charge on any atom is 0.223 e. The molecule has 1 aliphatic heterocycles. The molecule has 1 atom stereocenters. The maximum atomic E-state index is 12.3. The standard InChI is InChI=1S/C18H22N2OS/c21-17(15-11-18(15)6-9-19-10-7-18)20-8-5-13-12-22-16-4-2-1-3-14(13)16/h1-4,12,15,19H,5-11H2,(H,20,21). The van der Waals surface area contributed by atoms with Gasteiger partial charge in [-0.2, -0.15) is 0 Å². The van der Waals surface area contributed by atoms with Crippen molar-refractivity contribution in [2.24, 2.45) is 11.3 Å². The molecule has 1 saturated carbocycles. The van der Waals surface area contributed by atoms with E-state index in [1.807, 2.05) is 0 Å². The van der Waals surface area contributed by atoms with Gasteiger partial charge in [0.1, 0.15) is 0 Å². The van der Waals surface area contributed by atoms with Crippen molar-refractivity contribution in [2.45, 2.75) is 25.7 Å². The van der Waals surface area contributed by atoms with Gasteiger partial charge in [-0.1, -0.05) is 18.2 Å². The Morgan fingerprint density at radius 2 is 2.14 bits per heavy atom. The molecule has 1 amide bonds. The minimum atomic E-state index is 0.272. The van der Waals surface area contributed by atoms with Crippen LogP contribution in [-0.2, 0) is 11.2 Å². The number of rotatable bonds is 4. The van der Waals surface area contributed by atoms with Gasteiger partial charge in [-0.15, -0.1) is 11.3 Å². The second-order valence-electron chi connectivity index (χ2n) is 6.67. The lowest BCUT2D eigenvalue weighted by Crippen LogP contribution is -2.34. The van der Waals surface area contributed by atoms with Crippen LogP contribution in [-0.4, -0.2) is 25.5 Å². The summed E-state index contributed by atoms with van der Waals surface area (Å²) >= 11 is 1.79. The van der Waals surface area contributed by atoms with Crippen LogP contribution in [0.5, 0.6) is 0 Å². The van der Waals surface area contributed by atoms with E-state index in [4.69, 9.17) is 0 Å². The third-order valence-electron chi connectivity index (χ3n) is 5.36. The van der Waals surface area contributed by atoms with Crippen molar-refractivity contribution in [3.05, 3.63) is 35.2 Å². The number of nitrogens with one attached hydrogen (secondary N) is 2. The zero-order chi connectivity index (χ0) is 15.0. The van der Waals surface area contributed by atoms with Gasteiger partial charge in [0.15, 0.2) is 0 Å². The highest BCUT2D eigenvalue weighted by Gasteiger charge is 2.57. The molecule has 1 aliphatic carbocycles. The predicted octanol–water partition coefficient (Wildman–Crippen LogP) is 2.95. The monoisotopic (exact) mass is 314 g/mol. The summed E-state index contributed by atoms with van der Waals surface area (Å²) in [7, 11) is 0. The normalized spacial score (nSPS) is 22.8. The third kappa shape index (κ3) is 2.55. The average molecular weight is 314 g/mol. The van der Waals surface area contributed by atoms with Gasteiger partial charge in [0, 0.05) is 17.2 Å². The zero-order valence-corrected chi connectivity index (χ0v) is 13.5. The van der Waals surface area contributed by atoms with Crippen molar-refractivity contribution in [3.8, 4) is 0 Å². The highest BCUT2D eigenvalue weighted by Crippen LogP contribution is 2.58. The number of hydrogen-bond donors (Lipinski definition) is 2. The van der Waals surface area contributed by atoms with E-state index in [1.54, 1.807) is 11.3 Å². The van der Waals surface area contributed by atoms with Crippen LogP contribution in [0.1, 0.15) is 24.8 Å². The maximum absolute atomic E-state index is 12.3. The Morgan fingerprint density at radius 1 is 1.32 bits per heavy atom. The quantitative estimate of drug-likeness (QED) is 0.911. The molecular formula is C18H22N2OS. The number of fused-ring (bicyclic) bond motifs is 1. The highest BCUT2D eigenvalue weighted by molar-refractivity contribution is 7.17. The molecule has 2 heterocycles. The number of amides is 1. The van der Waals surface area contributed by atoms with Gasteiger partial charge in [0.2, 0.25) is 5.91 Å². The van der Waals surface area contributed by atoms with E-state index >= 15 is 0 Å². The van der Waals surface area contributed by atoms with Gasteiger partial charge in [0.05, 0.1) is 0 Å². The van der Waals surface area contributed by atoms with Crippen LogP contribution in [0.2, 0.25) is 0 Å². The summed E-state index contributed by atoms with van der Waals surface area (Å²) < 4.78 is 1.33. The van der Waals surface area contributed by atoms with Gasteiger partial charge < -0.3 is 10.6 Å². The number of thiophene rings is 1. The largest absolute Gasteiger partial charge is 0.356 e. The third-order valence-corrected chi connectivity index (χ3v) is 6.37. The molecule has 4 heteroatoms. The number of hydrogen-bond acceptors (Lipinski definition) is 3. The fraction of sp³-hybridized carbons (Fsp3) is 0.500. The molecule has 1 aromatic carbocycles. The molecule has 0 radical (unpaired) electrons. The van der Waals surface area contributed by atoms with Crippen molar-refractivity contribution in [1.82, 2.24) is 10.6 Å². The minimum Gasteiger partial charge on any atom is -0.356 e. The molecule has 1 aromatic heterocycles. The van der Waals surface area contributed by atoms with Crippen molar-refractivity contribution in [1.29, 1.82) is 0 Å². The molecule has 116 valence electrons. The molecular weight excluding hydrogens is 292 g/mol. The van der Waals surface area contributed by atoms with Crippen molar-refractivity contribution in [2.75, 3.05) is 19.6 Å². The smallest absolute Gasteiger partial charge is 0.223 e. The summed E-state index contributed by atoms with van der Waals surface area (Å²) in [5.74, 6) is 0.551. The Morgan fingerprint density at radius 3 is 3.00 bits per heavy atom. The van der Waals surface area contributed by atoms with E-state index in [-0.39, 0.29) is 11.8 Å². The Balaban J connectivity index is 1.31. The molecule has 22 heavy (non-hydrogen) atoms. The van der Waals surface area contributed by atoms with Crippen LogP contribution in [0.25, 0.3) is 10.1 Å². The molecule has 2 aromatic rings. The number of piperidine rings is 1. The van der Waals surface area contributed by atoms with Gasteiger partial charge in [-0.05, 0) is 66.6 Å². The van der Waals surface area contributed by atoms with Crippen molar-refractivity contribution < 1.29 is 4.79 Å². The first kappa shape index (κ1) is 14.2. The van der Waals surface area contributed by atoms with Crippen molar-refractivity contribution >= 4 is 27.3 Å². The van der Waals surface area contributed by atoms with Gasteiger partial charge in [-0.3, -0.25) is 4.79 Å². The Kier molecular flexibility index (Phi) is 3.66. The minimum absolute atomic E-state index is 0.272. The Hall–Kier alpha value is -1.39. The summed E-state index contributed by atoms with van der Waals surface area (Å²) in [6, 6.07) is 8.50. The van der Waals surface area contributed by atoms with E-state index in [0.717, 1.165) is 32.5 Å². The van der Waals surface area contributed by atoms with E-state index in [0.29, 0.717) is 5.41 Å². The molecule has 0 bridgehead atoms. The first-order valence-corrected chi connectivity index (χ1v) is 9.10. The van der Waals surface area contributed by atoms with Gasteiger partial charge in [0.25, 0.3) is 0 Å². The second kappa shape index (κ2) is 5.67. The molecule has 2 aliphatic rings. The van der Waals surface area contributed by atoms with Crippen LogP contribution < -0.4 is 10.6 Å². The zero-order valence-electron chi connectivity index (χ0n) is 12.7.